The smallest absolute Gasteiger partial charge is 0.349 e. The van der Waals surface area contributed by atoms with Crippen molar-refractivity contribution in [2.75, 3.05) is 6.61 Å². The summed E-state index contributed by atoms with van der Waals surface area (Å²) in [5, 5.41) is 19.9. The molecular formula is C15H14N2O4. The molecule has 0 saturated heterocycles. The molecule has 0 spiro atoms. The number of carbonyl (C=O) groups excluding carboxylic acids is 1. The molecule has 0 bridgehead atoms. The average Bonchev–Trinajstić information content (AvgIpc) is 2.49. The van der Waals surface area contributed by atoms with Crippen molar-refractivity contribution in [2.24, 2.45) is 0 Å². The number of esters is 1. The number of nitro benzene ring substituents is 1. The summed E-state index contributed by atoms with van der Waals surface area (Å²) in [5.74, 6) is -0.792. The van der Waals surface area contributed by atoms with Crippen LogP contribution in [0.5, 0.6) is 0 Å². The lowest BCUT2D eigenvalue weighted by Gasteiger charge is -2.03. The monoisotopic (exact) mass is 286 g/mol. The second-order valence-corrected chi connectivity index (χ2v) is 4.06. The van der Waals surface area contributed by atoms with Crippen molar-refractivity contribution in [3.8, 4) is 6.07 Å². The molecule has 1 rings (SSSR count). The molecule has 0 aliphatic rings. The summed E-state index contributed by atoms with van der Waals surface area (Å²) in [6.45, 7) is 5.20. The van der Waals surface area contributed by atoms with Crippen LogP contribution in [0.1, 0.15) is 18.1 Å². The largest absolute Gasteiger partial charge is 0.457 e. The molecule has 0 amide bonds. The quantitative estimate of drug-likeness (QED) is 0.200. The Bertz CT molecular complexity index is 642. The number of nitro groups is 1. The van der Waals surface area contributed by atoms with E-state index < -0.39 is 10.9 Å². The molecule has 0 radical (unpaired) electrons. The minimum Gasteiger partial charge on any atom is -0.457 e. The summed E-state index contributed by atoms with van der Waals surface area (Å²) in [6.07, 6.45) is 3.17. The molecule has 0 heterocycles. The van der Waals surface area contributed by atoms with Gasteiger partial charge in [0.25, 0.3) is 5.69 Å². The molecule has 1 aromatic carbocycles. The van der Waals surface area contributed by atoms with Gasteiger partial charge in [0.1, 0.15) is 18.2 Å². The van der Waals surface area contributed by atoms with Gasteiger partial charge in [0.05, 0.1) is 4.92 Å². The summed E-state index contributed by atoms with van der Waals surface area (Å²) >= 11 is 0. The van der Waals surface area contributed by atoms with E-state index in [-0.39, 0.29) is 17.9 Å². The van der Waals surface area contributed by atoms with E-state index in [0.717, 1.165) is 0 Å². The Morgan fingerprint density at radius 3 is 2.81 bits per heavy atom. The maximum Gasteiger partial charge on any atom is 0.349 e. The van der Waals surface area contributed by atoms with E-state index >= 15 is 0 Å². The van der Waals surface area contributed by atoms with Crippen molar-refractivity contribution < 1.29 is 14.5 Å². The molecule has 0 atom stereocenters. The molecule has 21 heavy (non-hydrogen) atoms. The molecule has 108 valence electrons. The highest BCUT2D eigenvalue weighted by atomic mass is 16.6. The topological polar surface area (TPSA) is 93.2 Å². The van der Waals surface area contributed by atoms with Crippen molar-refractivity contribution >= 4 is 17.7 Å². The first-order valence-electron chi connectivity index (χ1n) is 6.20. The van der Waals surface area contributed by atoms with Crippen LogP contribution < -0.4 is 0 Å². The van der Waals surface area contributed by atoms with Crippen LogP contribution in [-0.4, -0.2) is 17.5 Å². The van der Waals surface area contributed by atoms with Crippen LogP contribution in [0.2, 0.25) is 0 Å². The Hall–Kier alpha value is -2.94. The Kier molecular flexibility index (Phi) is 5.83. The Morgan fingerprint density at radius 1 is 1.57 bits per heavy atom. The standard InChI is InChI=1S/C15H14N2O4/c1-3-7-21-15(18)13(10-16)8-11-5-6-12(4-2)14(9-11)17(19)20/h3,5-6,8-9H,1,4,7H2,2H3/b13-8+. The third-order valence-electron chi connectivity index (χ3n) is 2.67. The second-order valence-electron chi connectivity index (χ2n) is 4.06. The lowest BCUT2D eigenvalue weighted by molar-refractivity contribution is -0.385. The minimum atomic E-state index is -0.792. The lowest BCUT2D eigenvalue weighted by Crippen LogP contribution is -2.06. The van der Waals surface area contributed by atoms with E-state index in [0.29, 0.717) is 17.5 Å². The first-order chi connectivity index (χ1) is 10.0. The molecular weight excluding hydrogens is 272 g/mol. The van der Waals surface area contributed by atoms with Gasteiger partial charge in [-0.05, 0) is 18.1 Å². The van der Waals surface area contributed by atoms with Gasteiger partial charge in [-0.1, -0.05) is 31.7 Å². The van der Waals surface area contributed by atoms with Crippen LogP contribution in [0.3, 0.4) is 0 Å². The molecule has 1 aromatic rings. The fourth-order valence-electron chi connectivity index (χ4n) is 1.66. The van der Waals surface area contributed by atoms with Crippen LogP contribution in [0.15, 0.2) is 36.4 Å². The number of carbonyl (C=O) groups is 1. The van der Waals surface area contributed by atoms with Gasteiger partial charge >= 0.3 is 5.97 Å². The second kappa shape index (κ2) is 7.60. The summed E-state index contributed by atoms with van der Waals surface area (Å²) in [4.78, 5) is 22.1. The van der Waals surface area contributed by atoms with Gasteiger partial charge in [-0.15, -0.1) is 0 Å². The third-order valence-corrected chi connectivity index (χ3v) is 2.67. The van der Waals surface area contributed by atoms with Crippen LogP contribution >= 0.6 is 0 Å². The first-order valence-corrected chi connectivity index (χ1v) is 6.20. The van der Waals surface area contributed by atoms with Crippen LogP contribution in [0, 0.1) is 21.4 Å². The van der Waals surface area contributed by atoms with E-state index in [2.05, 4.69) is 6.58 Å². The van der Waals surface area contributed by atoms with Gasteiger partial charge in [0.2, 0.25) is 0 Å². The van der Waals surface area contributed by atoms with Gasteiger partial charge < -0.3 is 4.74 Å². The van der Waals surface area contributed by atoms with Crippen molar-refractivity contribution in [2.45, 2.75) is 13.3 Å². The SMILES string of the molecule is C=CCOC(=O)/C(C#N)=C/c1ccc(CC)c([N+](=O)[O-])c1. The van der Waals surface area contributed by atoms with Gasteiger partial charge in [0, 0.05) is 11.6 Å². The number of hydrogen-bond donors (Lipinski definition) is 0. The van der Waals surface area contributed by atoms with Gasteiger partial charge in [0.15, 0.2) is 0 Å². The highest BCUT2D eigenvalue weighted by molar-refractivity contribution is 5.98. The zero-order valence-electron chi connectivity index (χ0n) is 11.5. The first kappa shape index (κ1) is 16.1. The number of hydrogen-bond acceptors (Lipinski definition) is 5. The normalized spacial score (nSPS) is 10.6. The number of rotatable bonds is 6. The zero-order valence-corrected chi connectivity index (χ0v) is 11.5. The molecule has 0 unspecified atom stereocenters. The fourth-order valence-corrected chi connectivity index (χ4v) is 1.66. The Labute approximate surface area is 122 Å². The summed E-state index contributed by atoms with van der Waals surface area (Å²) in [5.41, 5.74) is 0.717. The van der Waals surface area contributed by atoms with Crippen LogP contribution in [-0.2, 0) is 16.0 Å². The van der Waals surface area contributed by atoms with E-state index in [4.69, 9.17) is 10.00 Å². The van der Waals surface area contributed by atoms with Gasteiger partial charge in [-0.2, -0.15) is 5.26 Å². The Balaban J connectivity index is 3.15. The number of nitrogens with zero attached hydrogens (tertiary/aromatic N) is 2. The molecule has 6 nitrogen and oxygen atoms in total. The summed E-state index contributed by atoms with van der Waals surface area (Å²) in [7, 11) is 0. The van der Waals surface area contributed by atoms with Crippen molar-refractivity contribution in [1.82, 2.24) is 0 Å². The number of nitriles is 1. The highest BCUT2D eigenvalue weighted by Gasteiger charge is 2.14. The molecule has 0 N–H and O–H groups in total. The fraction of sp³-hybridized carbons (Fsp3) is 0.200. The predicted molar refractivity (Wildman–Crippen MR) is 77.2 cm³/mol. The zero-order chi connectivity index (χ0) is 15.8. The van der Waals surface area contributed by atoms with Crippen molar-refractivity contribution in [3.63, 3.8) is 0 Å². The molecule has 6 heteroatoms. The Morgan fingerprint density at radius 2 is 2.29 bits per heavy atom. The molecule has 0 fully saturated rings. The molecule has 0 aliphatic carbocycles. The van der Waals surface area contributed by atoms with E-state index in [9.17, 15) is 14.9 Å². The number of aryl methyl sites for hydroxylation is 1. The highest BCUT2D eigenvalue weighted by Crippen LogP contribution is 2.22. The average molecular weight is 286 g/mol. The number of ether oxygens (including phenoxy) is 1. The lowest BCUT2D eigenvalue weighted by atomic mass is 10.1. The molecule has 0 aliphatic heterocycles. The maximum atomic E-state index is 11.6. The molecule has 0 saturated carbocycles. The van der Waals surface area contributed by atoms with Gasteiger partial charge in [-0.3, -0.25) is 10.1 Å². The van der Waals surface area contributed by atoms with Crippen LogP contribution in [0.25, 0.3) is 6.08 Å². The summed E-state index contributed by atoms with van der Waals surface area (Å²) < 4.78 is 4.76. The van der Waals surface area contributed by atoms with Crippen molar-refractivity contribution in [3.05, 3.63) is 57.7 Å². The van der Waals surface area contributed by atoms with E-state index in [1.54, 1.807) is 18.2 Å². The van der Waals surface area contributed by atoms with Crippen LogP contribution in [0.4, 0.5) is 5.69 Å². The summed E-state index contributed by atoms with van der Waals surface area (Å²) in [6, 6.07) is 6.27. The van der Waals surface area contributed by atoms with Gasteiger partial charge in [-0.25, -0.2) is 4.79 Å². The maximum absolute atomic E-state index is 11.6. The van der Waals surface area contributed by atoms with E-state index in [1.807, 2.05) is 6.92 Å². The van der Waals surface area contributed by atoms with Crippen molar-refractivity contribution in [1.29, 1.82) is 5.26 Å². The molecule has 0 aromatic heterocycles. The minimum absolute atomic E-state index is 0.00717. The predicted octanol–water partition coefficient (Wildman–Crippen LogP) is 2.79. The number of benzene rings is 1. The van der Waals surface area contributed by atoms with E-state index in [1.165, 1.54) is 18.2 Å². The third kappa shape index (κ3) is 4.28.